The highest BCUT2D eigenvalue weighted by Crippen LogP contribution is 2.20. The SMILES string of the molecule is Cc1ccc(-n2ncc(Cl)c2C(=O)NCc2ccccc2)cc1. The largest absolute Gasteiger partial charge is 0.347 e. The molecule has 3 rings (SSSR count). The van der Waals surface area contributed by atoms with Crippen molar-refractivity contribution in [2.75, 3.05) is 0 Å². The van der Waals surface area contributed by atoms with Crippen molar-refractivity contribution in [2.24, 2.45) is 0 Å². The van der Waals surface area contributed by atoms with Gasteiger partial charge in [-0.1, -0.05) is 59.6 Å². The summed E-state index contributed by atoms with van der Waals surface area (Å²) in [5, 5.41) is 7.42. The number of amides is 1. The van der Waals surface area contributed by atoms with Crippen LogP contribution in [-0.2, 0) is 6.54 Å². The molecule has 0 saturated carbocycles. The second-order valence-electron chi connectivity index (χ2n) is 5.26. The van der Waals surface area contributed by atoms with Gasteiger partial charge in [0.25, 0.3) is 5.91 Å². The van der Waals surface area contributed by atoms with Crippen LogP contribution in [0, 0.1) is 6.92 Å². The maximum Gasteiger partial charge on any atom is 0.271 e. The second kappa shape index (κ2) is 6.67. The first-order chi connectivity index (χ1) is 11.1. The van der Waals surface area contributed by atoms with Crippen LogP contribution in [0.4, 0.5) is 0 Å². The highest BCUT2D eigenvalue weighted by atomic mass is 35.5. The van der Waals surface area contributed by atoms with Crippen molar-refractivity contribution in [1.29, 1.82) is 0 Å². The molecule has 2 aromatic carbocycles. The van der Waals surface area contributed by atoms with Gasteiger partial charge in [-0.2, -0.15) is 5.10 Å². The first kappa shape index (κ1) is 15.3. The van der Waals surface area contributed by atoms with Gasteiger partial charge in [-0.25, -0.2) is 4.68 Å². The third kappa shape index (κ3) is 3.43. The Hall–Kier alpha value is -2.59. The Kier molecular flexibility index (Phi) is 4.44. The smallest absolute Gasteiger partial charge is 0.271 e. The molecule has 0 spiro atoms. The molecule has 116 valence electrons. The summed E-state index contributed by atoms with van der Waals surface area (Å²) in [6.45, 7) is 2.45. The molecule has 23 heavy (non-hydrogen) atoms. The highest BCUT2D eigenvalue weighted by Gasteiger charge is 2.18. The van der Waals surface area contributed by atoms with Gasteiger partial charge in [-0.05, 0) is 24.6 Å². The number of rotatable bonds is 4. The van der Waals surface area contributed by atoms with E-state index in [1.165, 1.54) is 6.20 Å². The van der Waals surface area contributed by atoms with Crippen LogP contribution in [0.3, 0.4) is 0 Å². The van der Waals surface area contributed by atoms with Crippen molar-refractivity contribution < 1.29 is 4.79 Å². The molecule has 0 atom stereocenters. The number of aryl methyl sites for hydroxylation is 1. The quantitative estimate of drug-likeness (QED) is 0.793. The van der Waals surface area contributed by atoms with Crippen LogP contribution in [0.15, 0.2) is 60.8 Å². The number of aromatic nitrogens is 2. The first-order valence-corrected chi connectivity index (χ1v) is 7.65. The fourth-order valence-corrected chi connectivity index (χ4v) is 2.49. The summed E-state index contributed by atoms with van der Waals surface area (Å²) in [7, 11) is 0. The molecular weight excluding hydrogens is 310 g/mol. The topological polar surface area (TPSA) is 46.9 Å². The van der Waals surface area contributed by atoms with Crippen LogP contribution in [0.5, 0.6) is 0 Å². The summed E-state index contributed by atoms with van der Waals surface area (Å²) in [6.07, 6.45) is 1.48. The first-order valence-electron chi connectivity index (χ1n) is 7.28. The molecular formula is C18H16ClN3O. The van der Waals surface area contributed by atoms with Gasteiger partial charge in [0.1, 0.15) is 0 Å². The Morgan fingerprint density at radius 1 is 1.13 bits per heavy atom. The molecule has 0 aliphatic rings. The third-order valence-corrected chi connectivity index (χ3v) is 3.79. The second-order valence-corrected chi connectivity index (χ2v) is 5.66. The minimum Gasteiger partial charge on any atom is -0.347 e. The van der Waals surface area contributed by atoms with Crippen molar-refractivity contribution in [1.82, 2.24) is 15.1 Å². The predicted molar refractivity (Wildman–Crippen MR) is 90.9 cm³/mol. The summed E-state index contributed by atoms with van der Waals surface area (Å²) in [4.78, 5) is 12.5. The number of benzene rings is 2. The Morgan fingerprint density at radius 3 is 2.52 bits per heavy atom. The van der Waals surface area contributed by atoms with E-state index in [0.717, 1.165) is 16.8 Å². The Morgan fingerprint density at radius 2 is 1.83 bits per heavy atom. The van der Waals surface area contributed by atoms with E-state index in [4.69, 9.17) is 11.6 Å². The predicted octanol–water partition coefficient (Wildman–Crippen LogP) is 3.76. The zero-order chi connectivity index (χ0) is 16.2. The average Bonchev–Trinajstić information content (AvgIpc) is 2.96. The van der Waals surface area contributed by atoms with Gasteiger partial charge in [0.05, 0.1) is 16.9 Å². The number of nitrogens with one attached hydrogen (secondary N) is 1. The molecule has 4 nitrogen and oxygen atoms in total. The van der Waals surface area contributed by atoms with Crippen LogP contribution < -0.4 is 5.32 Å². The molecule has 1 amide bonds. The van der Waals surface area contributed by atoms with E-state index in [9.17, 15) is 4.79 Å². The van der Waals surface area contributed by atoms with Crippen LogP contribution in [0.25, 0.3) is 5.69 Å². The lowest BCUT2D eigenvalue weighted by atomic mass is 10.2. The molecule has 3 aromatic rings. The summed E-state index contributed by atoms with van der Waals surface area (Å²) in [5.74, 6) is -0.253. The van der Waals surface area contributed by atoms with E-state index in [1.807, 2.05) is 61.5 Å². The fraction of sp³-hybridized carbons (Fsp3) is 0.111. The van der Waals surface area contributed by atoms with Crippen LogP contribution in [0.2, 0.25) is 5.02 Å². The lowest BCUT2D eigenvalue weighted by molar-refractivity contribution is 0.0943. The van der Waals surface area contributed by atoms with Gasteiger partial charge >= 0.3 is 0 Å². The van der Waals surface area contributed by atoms with E-state index in [-0.39, 0.29) is 5.91 Å². The van der Waals surface area contributed by atoms with Gasteiger partial charge in [-0.3, -0.25) is 4.79 Å². The highest BCUT2D eigenvalue weighted by molar-refractivity contribution is 6.33. The van der Waals surface area contributed by atoms with E-state index in [0.29, 0.717) is 17.3 Å². The van der Waals surface area contributed by atoms with Crippen LogP contribution in [0.1, 0.15) is 21.6 Å². The fourth-order valence-electron chi connectivity index (χ4n) is 2.28. The summed E-state index contributed by atoms with van der Waals surface area (Å²) >= 11 is 6.16. The number of hydrogen-bond acceptors (Lipinski definition) is 2. The Bertz CT molecular complexity index is 810. The van der Waals surface area contributed by atoms with E-state index >= 15 is 0 Å². The molecule has 0 saturated heterocycles. The standard InChI is InChI=1S/C18H16ClN3O/c1-13-7-9-15(10-8-13)22-17(16(19)12-21-22)18(23)20-11-14-5-3-2-4-6-14/h2-10,12H,11H2,1H3,(H,20,23). The number of hydrogen-bond donors (Lipinski definition) is 1. The summed E-state index contributed by atoms with van der Waals surface area (Å²) in [5.41, 5.74) is 3.30. The molecule has 0 aliphatic heterocycles. The minimum absolute atomic E-state index is 0.253. The number of carbonyl (C=O) groups is 1. The van der Waals surface area contributed by atoms with Crippen molar-refractivity contribution >= 4 is 17.5 Å². The molecule has 1 N–H and O–H groups in total. The maximum atomic E-state index is 12.5. The molecule has 0 bridgehead atoms. The average molecular weight is 326 g/mol. The molecule has 5 heteroatoms. The Labute approximate surface area is 139 Å². The molecule has 0 unspecified atom stereocenters. The van der Waals surface area contributed by atoms with Crippen LogP contribution in [-0.4, -0.2) is 15.7 Å². The Balaban J connectivity index is 1.83. The maximum absolute atomic E-state index is 12.5. The van der Waals surface area contributed by atoms with Gasteiger partial charge in [0, 0.05) is 6.54 Å². The van der Waals surface area contributed by atoms with Crippen molar-refractivity contribution in [3.05, 3.63) is 82.6 Å². The van der Waals surface area contributed by atoms with Crippen LogP contribution >= 0.6 is 11.6 Å². The number of halogens is 1. The molecule has 1 heterocycles. The molecule has 1 aromatic heterocycles. The lowest BCUT2D eigenvalue weighted by Gasteiger charge is -2.09. The minimum atomic E-state index is -0.253. The zero-order valence-corrected chi connectivity index (χ0v) is 13.4. The summed E-state index contributed by atoms with van der Waals surface area (Å²) < 4.78 is 1.56. The monoisotopic (exact) mass is 325 g/mol. The number of carbonyl (C=O) groups excluding carboxylic acids is 1. The van der Waals surface area contributed by atoms with E-state index in [1.54, 1.807) is 4.68 Å². The van der Waals surface area contributed by atoms with Gasteiger partial charge in [0.2, 0.25) is 0 Å². The van der Waals surface area contributed by atoms with Crippen molar-refractivity contribution in [2.45, 2.75) is 13.5 Å². The molecule has 0 radical (unpaired) electrons. The number of nitrogens with zero attached hydrogens (tertiary/aromatic N) is 2. The van der Waals surface area contributed by atoms with Gasteiger partial charge in [-0.15, -0.1) is 0 Å². The van der Waals surface area contributed by atoms with Crippen molar-refractivity contribution in [3.63, 3.8) is 0 Å². The molecule has 0 aliphatic carbocycles. The molecule has 0 fully saturated rings. The van der Waals surface area contributed by atoms with Crippen molar-refractivity contribution in [3.8, 4) is 5.69 Å². The van der Waals surface area contributed by atoms with E-state index in [2.05, 4.69) is 10.4 Å². The zero-order valence-electron chi connectivity index (χ0n) is 12.7. The van der Waals surface area contributed by atoms with E-state index < -0.39 is 0 Å². The van der Waals surface area contributed by atoms with Gasteiger partial charge < -0.3 is 5.32 Å². The lowest BCUT2D eigenvalue weighted by Crippen LogP contribution is -2.25. The normalized spacial score (nSPS) is 10.5. The summed E-state index contributed by atoms with van der Waals surface area (Å²) in [6, 6.07) is 17.5. The van der Waals surface area contributed by atoms with Gasteiger partial charge in [0.15, 0.2) is 5.69 Å². The third-order valence-electron chi connectivity index (χ3n) is 3.51.